The summed E-state index contributed by atoms with van der Waals surface area (Å²) in [5, 5.41) is 4.10. The van der Waals surface area contributed by atoms with Crippen molar-refractivity contribution in [1.29, 1.82) is 0 Å². The maximum atomic E-state index is 13.1. The van der Waals surface area contributed by atoms with Crippen LogP contribution in [0.1, 0.15) is 34.8 Å². The average Bonchev–Trinajstić information content (AvgIpc) is 3.31. The lowest BCUT2D eigenvalue weighted by molar-refractivity contribution is -0.144. The summed E-state index contributed by atoms with van der Waals surface area (Å²) in [6.45, 7) is 1.87. The Bertz CT molecular complexity index is 1100. The molecule has 6 nitrogen and oxygen atoms in total. The number of H-pyrrole nitrogens is 1. The number of halogens is 6. The van der Waals surface area contributed by atoms with Gasteiger partial charge in [-0.05, 0) is 31.2 Å². The molecule has 0 spiro atoms. The molecule has 2 aromatic heterocycles. The number of aromatic amines is 1. The molecule has 4 rings (SSSR count). The number of aromatic nitrogens is 4. The number of nitrogens with zero attached hydrogens (tertiary/aromatic N) is 4. The van der Waals surface area contributed by atoms with Crippen LogP contribution in [0.15, 0.2) is 36.7 Å². The molecule has 31 heavy (non-hydrogen) atoms. The minimum atomic E-state index is -4.69. The quantitative estimate of drug-likeness (QED) is 0.563. The third-order valence-electron chi connectivity index (χ3n) is 4.75. The minimum absolute atomic E-state index is 0. The summed E-state index contributed by atoms with van der Waals surface area (Å²) < 4.78 is 78.3. The maximum absolute atomic E-state index is 13.1. The van der Waals surface area contributed by atoms with E-state index in [-0.39, 0.29) is 48.7 Å². The molecule has 0 saturated heterocycles. The van der Waals surface area contributed by atoms with Crippen LogP contribution in [-0.2, 0) is 12.4 Å². The van der Waals surface area contributed by atoms with Gasteiger partial charge < -0.3 is 9.88 Å². The second-order valence-electron chi connectivity index (χ2n) is 6.80. The molecule has 3 aromatic rings. The van der Waals surface area contributed by atoms with Gasteiger partial charge >= 0.3 is 12.4 Å². The summed E-state index contributed by atoms with van der Waals surface area (Å²) in [6.07, 6.45) is -6.99. The van der Waals surface area contributed by atoms with Gasteiger partial charge in [0.25, 0.3) is 5.91 Å². The topological polar surface area (TPSA) is 66.8 Å². The Kier molecular flexibility index (Phi) is 5.59. The van der Waals surface area contributed by atoms with Crippen LogP contribution < -0.4 is 4.90 Å². The second kappa shape index (κ2) is 7.62. The van der Waals surface area contributed by atoms with Gasteiger partial charge in [0.2, 0.25) is 5.82 Å². The second-order valence-corrected chi connectivity index (χ2v) is 6.80. The first-order valence-electron chi connectivity index (χ1n) is 8.66. The number of imidazole rings is 1. The van der Waals surface area contributed by atoms with E-state index in [9.17, 15) is 31.1 Å². The van der Waals surface area contributed by atoms with Crippen LogP contribution in [0.3, 0.4) is 0 Å². The van der Waals surface area contributed by atoms with Gasteiger partial charge in [-0.25, -0.2) is 4.98 Å². The van der Waals surface area contributed by atoms with Crippen molar-refractivity contribution in [3.05, 3.63) is 53.7 Å². The number of nitrogens with one attached hydrogen (secondary N) is 1. The van der Waals surface area contributed by atoms with E-state index in [1.54, 1.807) is 6.92 Å². The van der Waals surface area contributed by atoms with Crippen LogP contribution >= 0.6 is 13.5 Å². The van der Waals surface area contributed by atoms with Crippen LogP contribution in [0.4, 0.5) is 32.0 Å². The summed E-state index contributed by atoms with van der Waals surface area (Å²) in [5.41, 5.74) is -0.527. The Morgan fingerprint density at radius 3 is 2.23 bits per heavy atom. The van der Waals surface area contributed by atoms with Crippen LogP contribution in [0, 0.1) is 0 Å². The van der Waals surface area contributed by atoms with E-state index >= 15 is 0 Å². The molecule has 13 heteroatoms. The highest BCUT2D eigenvalue weighted by molar-refractivity contribution is 7.59. The molecular formula is C18H15F6N5OS. The Morgan fingerprint density at radius 1 is 1.03 bits per heavy atom. The largest absolute Gasteiger partial charge is 0.449 e. The number of hydrogen-bond donors (Lipinski definition) is 1. The molecule has 1 aromatic carbocycles. The number of carbonyl (C=O) groups is 1. The van der Waals surface area contributed by atoms with Crippen LogP contribution in [-0.4, -0.2) is 32.2 Å². The number of rotatable bonds is 2. The smallest absolute Gasteiger partial charge is 0.334 e. The van der Waals surface area contributed by atoms with E-state index in [0.29, 0.717) is 0 Å². The number of alkyl halides is 6. The Balaban J connectivity index is 0.00000272. The number of hydrogen-bond acceptors (Lipinski definition) is 3. The summed E-state index contributed by atoms with van der Waals surface area (Å²) >= 11 is 0. The lowest BCUT2D eigenvalue weighted by Gasteiger charge is -2.32. The van der Waals surface area contributed by atoms with Crippen LogP contribution in [0.5, 0.6) is 0 Å². The van der Waals surface area contributed by atoms with Gasteiger partial charge in [0.05, 0.1) is 35.3 Å². The van der Waals surface area contributed by atoms with Crippen molar-refractivity contribution < 1.29 is 31.1 Å². The molecule has 1 aliphatic heterocycles. The maximum Gasteiger partial charge on any atom is 0.449 e. The van der Waals surface area contributed by atoms with E-state index in [1.807, 2.05) is 0 Å². The minimum Gasteiger partial charge on any atom is -0.334 e. The number of amides is 1. The fraction of sp³-hybridized carbons (Fsp3) is 0.278. The predicted molar refractivity (Wildman–Crippen MR) is 103 cm³/mol. The highest BCUT2D eigenvalue weighted by Crippen LogP contribution is 2.35. The zero-order valence-electron chi connectivity index (χ0n) is 15.7. The average molecular weight is 463 g/mol. The molecule has 1 atom stereocenters. The lowest BCUT2D eigenvalue weighted by atomic mass is 10.1. The first kappa shape index (κ1) is 22.7. The Labute approximate surface area is 178 Å². The van der Waals surface area contributed by atoms with Crippen molar-refractivity contribution in [2.24, 2.45) is 0 Å². The summed E-state index contributed by atoms with van der Waals surface area (Å²) in [6, 6.07) is 3.72. The molecule has 1 amide bonds. The first-order chi connectivity index (χ1) is 14.0. The zero-order chi connectivity index (χ0) is 21.8. The highest BCUT2D eigenvalue weighted by Gasteiger charge is 2.37. The number of carbonyl (C=O) groups excluding carboxylic acids is 1. The van der Waals surface area contributed by atoms with E-state index in [2.05, 4.69) is 15.1 Å². The summed E-state index contributed by atoms with van der Waals surface area (Å²) in [4.78, 5) is 19.8. The van der Waals surface area contributed by atoms with Crippen LogP contribution in [0.25, 0.3) is 11.3 Å². The molecule has 3 heterocycles. The molecular weight excluding hydrogens is 448 g/mol. The fourth-order valence-electron chi connectivity index (χ4n) is 3.31. The molecule has 166 valence electrons. The SMILES string of the molecule is C[C@H]1CN(c2ccc(C(F)(F)F)cc2)C(=O)c2c(-c3cnc(C(F)(F)F)[nH]3)cnn21.S. The van der Waals surface area contributed by atoms with E-state index in [4.69, 9.17) is 0 Å². The fourth-order valence-corrected chi connectivity index (χ4v) is 3.31. The van der Waals surface area contributed by atoms with Crippen molar-refractivity contribution in [1.82, 2.24) is 19.7 Å². The van der Waals surface area contributed by atoms with Crippen molar-refractivity contribution in [2.75, 3.05) is 11.4 Å². The lowest BCUT2D eigenvalue weighted by Crippen LogP contribution is -2.42. The molecule has 1 N–H and O–H groups in total. The molecule has 0 unspecified atom stereocenters. The first-order valence-corrected chi connectivity index (χ1v) is 8.66. The van der Waals surface area contributed by atoms with Crippen molar-refractivity contribution in [2.45, 2.75) is 25.3 Å². The number of benzene rings is 1. The Morgan fingerprint density at radius 2 is 1.68 bits per heavy atom. The predicted octanol–water partition coefficient (Wildman–Crippen LogP) is 4.65. The third kappa shape index (κ3) is 4.01. The van der Waals surface area contributed by atoms with Gasteiger partial charge in [0.15, 0.2) is 0 Å². The molecule has 0 bridgehead atoms. The van der Waals surface area contributed by atoms with Gasteiger partial charge in [-0.1, -0.05) is 0 Å². The number of fused-ring (bicyclic) bond motifs is 1. The number of anilines is 1. The standard InChI is InChI=1S/C18H13F6N5O.H2S/c1-9-8-28(11-4-2-10(3-5-11)17(19,20)21)15(30)14-12(6-26-29(9)14)13-7-25-16(27-13)18(22,23)24;/h2-7,9H,8H2,1H3,(H,25,27);1H2/t9-;/m0./s1. The van der Waals surface area contributed by atoms with Crippen LogP contribution in [0.2, 0.25) is 0 Å². The van der Waals surface area contributed by atoms with Gasteiger partial charge in [-0.15, -0.1) is 0 Å². The van der Waals surface area contributed by atoms with Gasteiger partial charge in [-0.2, -0.15) is 44.9 Å². The monoisotopic (exact) mass is 463 g/mol. The summed E-state index contributed by atoms with van der Waals surface area (Å²) in [7, 11) is 0. The van der Waals surface area contributed by atoms with E-state index in [0.717, 1.165) is 18.3 Å². The normalized spacial score (nSPS) is 16.8. The molecule has 0 aliphatic carbocycles. The summed E-state index contributed by atoms with van der Waals surface area (Å²) in [5.74, 6) is -1.81. The molecule has 0 fully saturated rings. The van der Waals surface area contributed by atoms with Crippen molar-refractivity contribution in [3.63, 3.8) is 0 Å². The van der Waals surface area contributed by atoms with Gasteiger partial charge in [-0.3, -0.25) is 9.48 Å². The Hall–Kier alpha value is -2.96. The van der Waals surface area contributed by atoms with Crippen molar-refractivity contribution >= 4 is 25.1 Å². The molecule has 0 radical (unpaired) electrons. The van der Waals surface area contributed by atoms with Crippen molar-refractivity contribution in [3.8, 4) is 11.3 Å². The third-order valence-corrected chi connectivity index (χ3v) is 4.75. The van der Waals surface area contributed by atoms with E-state index in [1.165, 1.54) is 27.9 Å². The van der Waals surface area contributed by atoms with E-state index < -0.39 is 29.6 Å². The molecule has 0 saturated carbocycles. The zero-order valence-corrected chi connectivity index (χ0v) is 16.7. The van der Waals surface area contributed by atoms with Gasteiger partial charge in [0, 0.05) is 12.2 Å². The van der Waals surface area contributed by atoms with Gasteiger partial charge in [0.1, 0.15) is 5.69 Å². The highest BCUT2D eigenvalue weighted by atomic mass is 32.1. The molecule has 1 aliphatic rings.